The molecule has 3 aromatic rings. The van der Waals surface area contributed by atoms with E-state index in [1.165, 1.54) is 27.6 Å². The van der Waals surface area contributed by atoms with Gasteiger partial charge in [-0.25, -0.2) is 0 Å². The molecule has 0 atom stereocenters. The minimum absolute atomic E-state index is 1.04. The van der Waals surface area contributed by atoms with E-state index in [0.717, 1.165) is 26.1 Å². The monoisotopic (exact) mass is 302 g/mol. The Hall–Kier alpha value is -2.32. The highest BCUT2D eigenvalue weighted by atomic mass is 15.1. The van der Waals surface area contributed by atoms with Crippen molar-refractivity contribution in [1.82, 2.24) is 9.47 Å². The number of aromatic nitrogens is 1. The largest absolute Gasteiger partial charge is 0.350 e. The molecule has 2 nitrogen and oxygen atoms in total. The Bertz CT molecular complexity index is 843. The molecule has 1 aromatic heterocycles. The molecule has 1 aliphatic heterocycles. The van der Waals surface area contributed by atoms with Crippen molar-refractivity contribution in [2.45, 2.75) is 13.0 Å². The van der Waals surface area contributed by atoms with Crippen LogP contribution < -0.4 is 0 Å². The van der Waals surface area contributed by atoms with Crippen molar-refractivity contribution >= 4 is 16.5 Å². The Morgan fingerprint density at radius 2 is 1.74 bits per heavy atom. The lowest BCUT2D eigenvalue weighted by Gasteiger charge is -2.26. The van der Waals surface area contributed by atoms with Gasteiger partial charge >= 0.3 is 0 Å². The number of para-hydroxylation sites is 1. The summed E-state index contributed by atoms with van der Waals surface area (Å²) in [4.78, 5) is 2.52. The van der Waals surface area contributed by atoms with Crippen molar-refractivity contribution in [1.29, 1.82) is 0 Å². The van der Waals surface area contributed by atoms with Crippen LogP contribution >= 0.6 is 0 Å². The number of aryl methyl sites for hydroxylation is 1. The van der Waals surface area contributed by atoms with Crippen LogP contribution in [0.2, 0.25) is 0 Å². The van der Waals surface area contributed by atoms with Crippen LogP contribution in [0.1, 0.15) is 17.5 Å². The van der Waals surface area contributed by atoms with Crippen LogP contribution in [-0.2, 0) is 13.6 Å². The molecule has 0 unspecified atom stereocenters. The third-order valence-corrected chi connectivity index (χ3v) is 4.79. The Morgan fingerprint density at radius 1 is 0.957 bits per heavy atom. The predicted octanol–water partition coefficient (Wildman–Crippen LogP) is 4.47. The van der Waals surface area contributed by atoms with Gasteiger partial charge in [0.1, 0.15) is 0 Å². The number of fused-ring (bicyclic) bond motifs is 1. The smallest absolute Gasteiger partial charge is 0.0484 e. The number of nitrogens with zero attached hydrogens (tertiary/aromatic N) is 2. The first-order valence-corrected chi connectivity index (χ1v) is 8.31. The number of rotatable bonds is 3. The normalized spacial score (nSPS) is 15.8. The van der Waals surface area contributed by atoms with Gasteiger partial charge in [-0.15, -0.1) is 0 Å². The first-order valence-electron chi connectivity index (χ1n) is 8.31. The lowest BCUT2D eigenvalue weighted by atomic mass is 9.98. The van der Waals surface area contributed by atoms with Gasteiger partial charge in [-0.05, 0) is 23.6 Å². The number of hydrogen-bond acceptors (Lipinski definition) is 1. The molecule has 2 aromatic carbocycles. The van der Waals surface area contributed by atoms with Crippen LogP contribution in [-0.4, -0.2) is 22.6 Å². The average molecular weight is 302 g/mol. The van der Waals surface area contributed by atoms with Crippen molar-refractivity contribution in [2.24, 2.45) is 7.05 Å². The summed E-state index contributed by atoms with van der Waals surface area (Å²) in [7, 11) is 2.14. The molecule has 4 rings (SSSR count). The molecule has 0 spiro atoms. The maximum Gasteiger partial charge on any atom is 0.0484 e. The highest BCUT2D eigenvalue weighted by molar-refractivity contribution is 5.93. The Kier molecular flexibility index (Phi) is 3.76. The molecule has 0 radical (unpaired) electrons. The van der Waals surface area contributed by atoms with Crippen molar-refractivity contribution in [2.75, 3.05) is 13.1 Å². The molecule has 0 saturated heterocycles. The molecular formula is C21H22N2. The minimum atomic E-state index is 1.04. The van der Waals surface area contributed by atoms with Crippen molar-refractivity contribution in [3.63, 3.8) is 0 Å². The third-order valence-electron chi connectivity index (χ3n) is 4.79. The zero-order chi connectivity index (χ0) is 15.6. The molecule has 2 heteroatoms. The van der Waals surface area contributed by atoms with Gasteiger partial charge < -0.3 is 4.57 Å². The molecule has 0 amide bonds. The lowest BCUT2D eigenvalue weighted by molar-refractivity contribution is 0.294. The van der Waals surface area contributed by atoms with Gasteiger partial charge in [0, 0.05) is 49.3 Å². The maximum absolute atomic E-state index is 2.52. The fourth-order valence-electron chi connectivity index (χ4n) is 3.54. The van der Waals surface area contributed by atoms with E-state index in [4.69, 9.17) is 0 Å². The van der Waals surface area contributed by atoms with Crippen LogP contribution in [0, 0.1) is 0 Å². The second kappa shape index (κ2) is 6.05. The fourth-order valence-corrected chi connectivity index (χ4v) is 3.54. The maximum atomic E-state index is 2.52. The van der Waals surface area contributed by atoms with Crippen molar-refractivity contribution in [3.05, 3.63) is 78.0 Å². The zero-order valence-electron chi connectivity index (χ0n) is 13.6. The minimum Gasteiger partial charge on any atom is -0.350 e. The molecular weight excluding hydrogens is 280 g/mol. The number of hydrogen-bond donors (Lipinski definition) is 0. The Balaban J connectivity index is 1.55. The summed E-state index contributed by atoms with van der Waals surface area (Å²) < 4.78 is 2.24. The zero-order valence-corrected chi connectivity index (χ0v) is 13.6. The highest BCUT2D eigenvalue weighted by Gasteiger charge is 2.16. The van der Waals surface area contributed by atoms with Gasteiger partial charge in [-0.2, -0.15) is 0 Å². The summed E-state index contributed by atoms with van der Waals surface area (Å²) >= 11 is 0. The molecule has 0 N–H and O–H groups in total. The van der Waals surface area contributed by atoms with Gasteiger partial charge in [0.15, 0.2) is 0 Å². The van der Waals surface area contributed by atoms with E-state index >= 15 is 0 Å². The van der Waals surface area contributed by atoms with Crippen LogP contribution in [0.5, 0.6) is 0 Å². The third kappa shape index (κ3) is 2.82. The van der Waals surface area contributed by atoms with Gasteiger partial charge in [0.05, 0.1) is 0 Å². The molecule has 0 bridgehead atoms. The lowest BCUT2D eigenvalue weighted by Crippen LogP contribution is -2.27. The standard InChI is InChI=1S/C21H22N2/c1-22-16-20(19-9-5-6-10-21(19)22)18-11-13-23(14-12-18)15-17-7-3-2-4-8-17/h2-11,16H,12-15H2,1H3. The van der Waals surface area contributed by atoms with Crippen LogP contribution in [0.3, 0.4) is 0 Å². The van der Waals surface area contributed by atoms with Crippen LogP contribution in [0.4, 0.5) is 0 Å². The van der Waals surface area contributed by atoms with E-state index < -0.39 is 0 Å². The summed E-state index contributed by atoms with van der Waals surface area (Å²) in [5, 5.41) is 1.37. The van der Waals surface area contributed by atoms with E-state index in [9.17, 15) is 0 Å². The van der Waals surface area contributed by atoms with Crippen LogP contribution in [0.15, 0.2) is 66.9 Å². The predicted molar refractivity (Wildman–Crippen MR) is 97.2 cm³/mol. The highest BCUT2D eigenvalue weighted by Crippen LogP contribution is 2.30. The topological polar surface area (TPSA) is 8.17 Å². The van der Waals surface area contributed by atoms with Gasteiger partial charge in [-0.1, -0.05) is 54.6 Å². The summed E-state index contributed by atoms with van der Waals surface area (Å²) in [5.41, 5.74) is 5.61. The Labute approximate surface area is 137 Å². The molecule has 1 aliphatic rings. The van der Waals surface area contributed by atoms with Gasteiger partial charge in [-0.3, -0.25) is 4.90 Å². The first kappa shape index (κ1) is 14.3. The van der Waals surface area contributed by atoms with Crippen LogP contribution in [0.25, 0.3) is 16.5 Å². The van der Waals surface area contributed by atoms with E-state index in [0.29, 0.717) is 0 Å². The molecule has 23 heavy (non-hydrogen) atoms. The summed E-state index contributed by atoms with van der Waals surface area (Å²) in [6.07, 6.45) is 5.82. The molecule has 0 saturated carbocycles. The molecule has 0 fully saturated rings. The molecule has 116 valence electrons. The van der Waals surface area contributed by atoms with E-state index in [1.54, 1.807) is 0 Å². The van der Waals surface area contributed by atoms with Crippen molar-refractivity contribution in [3.8, 4) is 0 Å². The first-order chi connectivity index (χ1) is 11.3. The average Bonchev–Trinajstić information content (AvgIpc) is 2.94. The SMILES string of the molecule is Cn1cc(C2=CCN(Cc3ccccc3)CC2)c2ccccc21. The fraction of sp³-hybridized carbons (Fsp3) is 0.238. The second-order valence-corrected chi connectivity index (χ2v) is 6.37. The van der Waals surface area contributed by atoms with E-state index in [2.05, 4.69) is 83.4 Å². The summed E-state index contributed by atoms with van der Waals surface area (Å²) in [6.45, 7) is 3.21. The number of benzene rings is 2. The van der Waals surface area contributed by atoms with Crippen molar-refractivity contribution < 1.29 is 0 Å². The summed E-state index contributed by atoms with van der Waals surface area (Å²) in [5.74, 6) is 0. The van der Waals surface area contributed by atoms with Gasteiger partial charge in [0.25, 0.3) is 0 Å². The Morgan fingerprint density at radius 3 is 2.52 bits per heavy atom. The molecule has 0 aliphatic carbocycles. The van der Waals surface area contributed by atoms with E-state index in [1.807, 2.05) is 0 Å². The molecule has 2 heterocycles. The quantitative estimate of drug-likeness (QED) is 0.693. The second-order valence-electron chi connectivity index (χ2n) is 6.37. The van der Waals surface area contributed by atoms with Gasteiger partial charge in [0.2, 0.25) is 0 Å². The summed E-state index contributed by atoms with van der Waals surface area (Å²) in [6, 6.07) is 19.4. The van der Waals surface area contributed by atoms with E-state index in [-0.39, 0.29) is 0 Å².